The van der Waals surface area contributed by atoms with E-state index in [1.165, 1.54) is 51.6 Å². The van der Waals surface area contributed by atoms with Gasteiger partial charge in [0.2, 0.25) is 0 Å². The van der Waals surface area contributed by atoms with Crippen molar-refractivity contribution in [1.29, 1.82) is 0 Å². The highest BCUT2D eigenvalue weighted by Gasteiger charge is 2.40. The van der Waals surface area contributed by atoms with E-state index in [4.69, 9.17) is 0 Å². The summed E-state index contributed by atoms with van der Waals surface area (Å²) in [7, 11) is 0. The molecule has 2 aliphatic rings. The van der Waals surface area contributed by atoms with E-state index in [0.717, 1.165) is 30.5 Å². The van der Waals surface area contributed by atoms with Crippen LogP contribution in [0.3, 0.4) is 0 Å². The van der Waals surface area contributed by atoms with Gasteiger partial charge < -0.3 is 5.32 Å². The molecule has 1 N–H and O–H groups in total. The van der Waals surface area contributed by atoms with Gasteiger partial charge in [0.1, 0.15) is 0 Å². The van der Waals surface area contributed by atoms with E-state index < -0.39 is 0 Å². The Kier molecular flexibility index (Phi) is 6.14. The van der Waals surface area contributed by atoms with Crippen molar-refractivity contribution in [3.05, 3.63) is 0 Å². The van der Waals surface area contributed by atoms with Crippen molar-refractivity contribution in [3.63, 3.8) is 0 Å². The number of nitrogens with zero attached hydrogens (tertiary/aromatic N) is 1. The van der Waals surface area contributed by atoms with Gasteiger partial charge in [-0.2, -0.15) is 0 Å². The first kappa shape index (κ1) is 17.3. The minimum absolute atomic E-state index is 0.513. The molecule has 0 bridgehead atoms. The lowest BCUT2D eigenvalue weighted by molar-refractivity contribution is 0.0600. The second-order valence-corrected chi connectivity index (χ2v) is 8.14. The molecule has 1 aliphatic carbocycles. The van der Waals surface area contributed by atoms with Gasteiger partial charge in [0.05, 0.1) is 0 Å². The Morgan fingerprint density at radius 3 is 2.43 bits per heavy atom. The summed E-state index contributed by atoms with van der Waals surface area (Å²) in [6.45, 7) is 15.8. The van der Waals surface area contributed by atoms with Crippen LogP contribution in [-0.4, -0.2) is 36.6 Å². The molecule has 0 aromatic heterocycles. The van der Waals surface area contributed by atoms with E-state index in [2.05, 4.69) is 44.8 Å². The van der Waals surface area contributed by atoms with Crippen molar-refractivity contribution in [2.75, 3.05) is 19.6 Å². The van der Waals surface area contributed by atoms with E-state index in [1.807, 2.05) is 0 Å². The lowest BCUT2D eigenvalue weighted by Crippen LogP contribution is -2.54. The molecule has 0 aromatic carbocycles. The van der Waals surface area contributed by atoms with Gasteiger partial charge >= 0.3 is 0 Å². The quantitative estimate of drug-likeness (QED) is 0.785. The van der Waals surface area contributed by atoms with E-state index in [9.17, 15) is 0 Å². The highest BCUT2D eigenvalue weighted by molar-refractivity contribution is 4.96. The zero-order valence-corrected chi connectivity index (χ0v) is 15.1. The second-order valence-electron chi connectivity index (χ2n) is 8.14. The normalized spacial score (nSPS) is 35.3. The van der Waals surface area contributed by atoms with Crippen LogP contribution in [0.25, 0.3) is 0 Å². The number of rotatable bonds is 6. The van der Waals surface area contributed by atoms with Crippen LogP contribution < -0.4 is 5.32 Å². The van der Waals surface area contributed by atoms with Gasteiger partial charge in [0.15, 0.2) is 0 Å². The predicted molar refractivity (Wildman–Crippen MR) is 92.6 cm³/mol. The van der Waals surface area contributed by atoms with Gasteiger partial charge in [-0.05, 0) is 56.0 Å². The fraction of sp³-hybridized carbons (Fsp3) is 1.00. The van der Waals surface area contributed by atoms with E-state index in [1.54, 1.807) is 0 Å². The average molecular weight is 295 g/mol. The average Bonchev–Trinajstić information content (AvgIpc) is 2.96. The number of hydrogen-bond donors (Lipinski definition) is 1. The molecule has 4 unspecified atom stereocenters. The second kappa shape index (κ2) is 7.46. The number of likely N-dealkylation sites (tertiary alicyclic amines) is 1. The monoisotopic (exact) mass is 294 g/mol. The lowest BCUT2D eigenvalue weighted by atomic mass is 9.67. The summed E-state index contributed by atoms with van der Waals surface area (Å²) < 4.78 is 0. The van der Waals surface area contributed by atoms with Gasteiger partial charge in [0.25, 0.3) is 0 Å². The Hall–Kier alpha value is -0.0800. The first-order valence-electron chi connectivity index (χ1n) is 9.49. The Bertz CT molecular complexity index is 313. The summed E-state index contributed by atoms with van der Waals surface area (Å²) in [5.74, 6) is 1.86. The molecule has 1 heterocycles. The molecule has 124 valence electrons. The van der Waals surface area contributed by atoms with Gasteiger partial charge in [-0.25, -0.2) is 0 Å². The van der Waals surface area contributed by atoms with Gasteiger partial charge in [-0.15, -0.1) is 0 Å². The van der Waals surface area contributed by atoms with E-state index >= 15 is 0 Å². The zero-order chi connectivity index (χ0) is 15.5. The third-order valence-electron chi connectivity index (χ3n) is 6.66. The first-order valence-corrected chi connectivity index (χ1v) is 9.49. The molecule has 2 rings (SSSR count). The third-order valence-corrected chi connectivity index (χ3v) is 6.66. The van der Waals surface area contributed by atoms with Crippen molar-refractivity contribution in [2.24, 2.45) is 17.3 Å². The maximum Gasteiger partial charge on any atom is 0.0252 e. The SMILES string of the molecule is CCNC1CCC(C(C)(C)CC)CC1N1CCC(CC)C1. The molecule has 2 nitrogen and oxygen atoms in total. The summed E-state index contributed by atoms with van der Waals surface area (Å²) >= 11 is 0. The summed E-state index contributed by atoms with van der Waals surface area (Å²) in [6, 6.07) is 1.51. The molecule has 2 heteroatoms. The highest BCUT2D eigenvalue weighted by Crippen LogP contribution is 2.42. The standard InChI is InChI=1S/C19H38N2/c1-6-15-11-12-21(14-15)18-13-16(19(4,5)7-2)9-10-17(18)20-8-3/h15-18,20H,6-14H2,1-5H3. The molecule has 1 saturated carbocycles. The number of likely N-dealkylation sites (N-methyl/N-ethyl adjacent to an activating group) is 1. The van der Waals surface area contributed by atoms with Crippen LogP contribution >= 0.6 is 0 Å². The maximum atomic E-state index is 3.79. The van der Waals surface area contributed by atoms with Crippen molar-refractivity contribution in [3.8, 4) is 0 Å². The van der Waals surface area contributed by atoms with Gasteiger partial charge in [-0.1, -0.05) is 47.5 Å². The molecule has 2 fully saturated rings. The van der Waals surface area contributed by atoms with Crippen molar-refractivity contribution in [1.82, 2.24) is 10.2 Å². The molecule has 1 saturated heterocycles. The third kappa shape index (κ3) is 4.01. The van der Waals surface area contributed by atoms with Crippen LogP contribution in [0.2, 0.25) is 0 Å². The number of nitrogens with one attached hydrogen (secondary N) is 1. The van der Waals surface area contributed by atoms with Gasteiger partial charge in [0, 0.05) is 18.6 Å². The fourth-order valence-electron chi connectivity index (χ4n) is 4.55. The number of hydrogen-bond acceptors (Lipinski definition) is 2. The van der Waals surface area contributed by atoms with Crippen molar-refractivity contribution in [2.45, 2.75) is 85.2 Å². The summed E-state index contributed by atoms with van der Waals surface area (Å²) in [5, 5.41) is 3.79. The molecular weight excluding hydrogens is 256 g/mol. The summed E-state index contributed by atoms with van der Waals surface area (Å²) in [4.78, 5) is 2.83. The van der Waals surface area contributed by atoms with E-state index in [0.29, 0.717) is 5.41 Å². The zero-order valence-electron chi connectivity index (χ0n) is 15.1. The summed E-state index contributed by atoms with van der Waals surface area (Å²) in [5.41, 5.74) is 0.513. The first-order chi connectivity index (χ1) is 10.0. The van der Waals surface area contributed by atoms with Crippen LogP contribution in [-0.2, 0) is 0 Å². The smallest absolute Gasteiger partial charge is 0.0252 e. The minimum Gasteiger partial charge on any atom is -0.313 e. The minimum atomic E-state index is 0.513. The molecule has 4 atom stereocenters. The van der Waals surface area contributed by atoms with Gasteiger partial charge in [-0.3, -0.25) is 4.90 Å². The predicted octanol–water partition coefficient (Wildman–Crippen LogP) is 4.30. The van der Waals surface area contributed by atoms with E-state index in [-0.39, 0.29) is 0 Å². The van der Waals surface area contributed by atoms with Crippen LogP contribution in [0.1, 0.15) is 73.1 Å². The van der Waals surface area contributed by atoms with Crippen LogP contribution in [0, 0.1) is 17.3 Å². The Morgan fingerprint density at radius 1 is 1.10 bits per heavy atom. The Morgan fingerprint density at radius 2 is 1.86 bits per heavy atom. The fourth-order valence-corrected chi connectivity index (χ4v) is 4.55. The molecule has 21 heavy (non-hydrogen) atoms. The largest absolute Gasteiger partial charge is 0.313 e. The molecular formula is C19H38N2. The van der Waals surface area contributed by atoms with Crippen LogP contribution in [0.4, 0.5) is 0 Å². The summed E-state index contributed by atoms with van der Waals surface area (Å²) in [6.07, 6.45) is 8.30. The lowest BCUT2D eigenvalue weighted by Gasteiger charge is -2.46. The highest BCUT2D eigenvalue weighted by atomic mass is 15.2. The van der Waals surface area contributed by atoms with Crippen molar-refractivity contribution >= 4 is 0 Å². The molecule has 0 aromatic rings. The topological polar surface area (TPSA) is 15.3 Å². The van der Waals surface area contributed by atoms with Crippen LogP contribution in [0.15, 0.2) is 0 Å². The molecule has 0 radical (unpaired) electrons. The maximum absolute atomic E-state index is 3.79. The van der Waals surface area contributed by atoms with Crippen molar-refractivity contribution < 1.29 is 0 Å². The van der Waals surface area contributed by atoms with Crippen LogP contribution in [0.5, 0.6) is 0 Å². The molecule has 1 aliphatic heterocycles. The molecule has 0 spiro atoms. The Balaban J connectivity index is 2.05. The Labute approximate surface area is 133 Å². The molecule has 0 amide bonds.